The van der Waals surface area contributed by atoms with Crippen LogP contribution in [-0.2, 0) is 13.1 Å². The Balaban J connectivity index is 2.23. The first kappa shape index (κ1) is 13.8. The lowest BCUT2D eigenvalue weighted by Gasteiger charge is -2.22. The van der Waals surface area contributed by atoms with E-state index in [1.165, 1.54) is 0 Å². The third-order valence-corrected chi connectivity index (χ3v) is 3.81. The molecule has 0 atom stereocenters. The summed E-state index contributed by atoms with van der Waals surface area (Å²) in [6, 6.07) is 5.96. The number of methoxy groups -OCH3 is 1. The molecule has 1 aromatic heterocycles. The number of benzene rings is 1. The molecule has 5 heteroatoms. The van der Waals surface area contributed by atoms with Gasteiger partial charge in [0.25, 0.3) is 0 Å². The molecule has 1 aromatic carbocycles. The second kappa shape index (κ2) is 6.04. The molecule has 2 aromatic rings. The van der Waals surface area contributed by atoms with Gasteiger partial charge in [-0.1, -0.05) is 6.07 Å². The number of anilines is 1. The van der Waals surface area contributed by atoms with Crippen LogP contribution in [0.25, 0.3) is 0 Å². The maximum Gasteiger partial charge on any atom is 0.120 e. The van der Waals surface area contributed by atoms with Crippen molar-refractivity contribution in [1.82, 2.24) is 4.98 Å². The molecule has 1 heterocycles. The molecule has 2 N–H and O–H groups in total. The predicted octanol–water partition coefficient (Wildman–Crippen LogP) is 2.56. The molecule has 0 saturated carbocycles. The highest BCUT2D eigenvalue weighted by atomic mass is 32.1. The second-order valence-corrected chi connectivity index (χ2v) is 5.47. The Bertz CT molecular complexity index is 553. The van der Waals surface area contributed by atoms with Crippen molar-refractivity contribution < 1.29 is 4.74 Å². The number of thiazole rings is 1. The van der Waals surface area contributed by atoms with Gasteiger partial charge >= 0.3 is 0 Å². The topological polar surface area (TPSA) is 51.4 Å². The van der Waals surface area contributed by atoms with Crippen LogP contribution in [0.3, 0.4) is 0 Å². The number of nitrogens with two attached hydrogens (primary N) is 1. The number of ether oxygens (including phenoxy) is 1. The van der Waals surface area contributed by atoms with Crippen LogP contribution in [-0.4, -0.2) is 19.1 Å². The Kier molecular flexibility index (Phi) is 4.39. The normalized spacial score (nSPS) is 10.5. The fourth-order valence-corrected chi connectivity index (χ4v) is 2.61. The molecule has 4 nitrogen and oxygen atoms in total. The van der Waals surface area contributed by atoms with Crippen molar-refractivity contribution in [3.8, 4) is 5.75 Å². The first-order chi connectivity index (χ1) is 9.13. The van der Waals surface area contributed by atoms with Crippen LogP contribution in [0, 0.1) is 6.92 Å². The van der Waals surface area contributed by atoms with Crippen molar-refractivity contribution in [3.05, 3.63) is 39.8 Å². The first-order valence-corrected chi connectivity index (χ1v) is 7.01. The first-order valence-electron chi connectivity index (χ1n) is 6.13. The van der Waals surface area contributed by atoms with Crippen LogP contribution >= 0.6 is 11.3 Å². The molecular formula is C14H19N3OS. The Labute approximate surface area is 117 Å². The van der Waals surface area contributed by atoms with Gasteiger partial charge in [0.15, 0.2) is 0 Å². The molecule has 2 rings (SSSR count). The van der Waals surface area contributed by atoms with E-state index in [1.54, 1.807) is 18.4 Å². The van der Waals surface area contributed by atoms with Gasteiger partial charge in [0.05, 0.1) is 24.4 Å². The van der Waals surface area contributed by atoms with E-state index >= 15 is 0 Å². The van der Waals surface area contributed by atoms with Crippen LogP contribution in [0.1, 0.15) is 16.3 Å². The van der Waals surface area contributed by atoms with Crippen LogP contribution in [0.5, 0.6) is 5.75 Å². The van der Waals surface area contributed by atoms with Crippen LogP contribution in [0.15, 0.2) is 23.6 Å². The third-order valence-electron chi connectivity index (χ3n) is 2.99. The standard InChI is InChI=1S/C14H19N3OS/c1-10-16-12(9-19-10)8-17(2)14-6-13(18-3)5-4-11(14)7-15/h4-6,9H,7-8,15H2,1-3H3. The van der Waals surface area contributed by atoms with E-state index in [0.29, 0.717) is 6.54 Å². The molecule has 0 aliphatic rings. The zero-order valence-corrected chi connectivity index (χ0v) is 12.3. The molecule has 0 amide bonds. The van der Waals surface area contributed by atoms with E-state index in [4.69, 9.17) is 10.5 Å². The number of nitrogens with zero attached hydrogens (tertiary/aromatic N) is 2. The summed E-state index contributed by atoms with van der Waals surface area (Å²) in [5.41, 5.74) is 9.07. The van der Waals surface area contributed by atoms with E-state index in [0.717, 1.165) is 34.2 Å². The monoisotopic (exact) mass is 277 g/mol. The molecule has 0 aliphatic heterocycles. The van der Waals surface area contributed by atoms with Crippen molar-refractivity contribution in [2.75, 3.05) is 19.1 Å². The van der Waals surface area contributed by atoms with Gasteiger partial charge in [-0.25, -0.2) is 4.98 Å². The smallest absolute Gasteiger partial charge is 0.120 e. The van der Waals surface area contributed by atoms with E-state index in [9.17, 15) is 0 Å². The lowest BCUT2D eigenvalue weighted by atomic mass is 10.1. The van der Waals surface area contributed by atoms with Gasteiger partial charge in [-0.05, 0) is 18.6 Å². The van der Waals surface area contributed by atoms with Crippen LogP contribution in [0.4, 0.5) is 5.69 Å². The number of aromatic nitrogens is 1. The SMILES string of the molecule is COc1ccc(CN)c(N(C)Cc2csc(C)n2)c1. The minimum Gasteiger partial charge on any atom is -0.497 e. The van der Waals surface area contributed by atoms with Crippen molar-refractivity contribution in [2.45, 2.75) is 20.0 Å². The Morgan fingerprint density at radius 1 is 1.42 bits per heavy atom. The molecule has 102 valence electrons. The van der Waals surface area contributed by atoms with Gasteiger partial charge < -0.3 is 15.4 Å². The summed E-state index contributed by atoms with van der Waals surface area (Å²) in [5.74, 6) is 0.841. The van der Waals surface area contributed by atoms with E-state index in [-0.39, 0.29) is 0 Å². The summed E-state index contributed by atoms with van der Waals surface area (Å²) in [7, 11) is 3.72. The van der Waals surface area contributed by atoms with Gasteiger partial charge in [0.1, 0.15) is 5.75 Å². The predicted molar refractivity (Wildman–Crippen MR) is 79.8 cm³/mol. The second-order valence-electron chi connectivity index (χ2n) is 4.41. The Morgan fingerprint density at radius 2 is 2.21 bits per heavy atom. The zero-order chi connectivity index (χ0) is 13.8. The number of hydrogen-bond acceptors (Lipinski definition) is 5. The lowest BCUT2D eigenvalue weighted by molar-refractivity contribution is 0.414. The largest absolute Gasteiger partial charge is 0.497 e. The van der Waals surface area contributed by atoms with Gasteiger partial charge in [-0.15, -0.1) is 11.3 Å². The molecule has 0 saturated heterocycles. The number of hydrogen-bond donors (Lipinski definition) is 1. The third kappa shape index (κ3) is 3.24. The van der Waals surface area contributed by atoms with E-state index in [1.807, 2.05) is 32.2 Å². The molecule has 0 unspecified atom stereocenters. The molecule has 19 heavy (non-hydrogen) atoms. The van der Waals surface area contributed by atoms with Crippen molar-refractivity contribution in [3.63, 3.8) is 0 Å². The summed E-state index contributed by atoms with van der Waals surface area (Å²) < 4.78 is 5.28. The van der Waals surface area contributed by atoms with Crippen LogP contribution < -0.4 is 15.4 Å². The average Bonchev–Trinajstić information content (AvgIpc) is 2.83. The highest BCUT2D eigenvalue weighted by Crippen LogP contribution is 2.26. The summed E-state index contributed by atoms with van der Waals surface area (Å²) in [6.07, 6.45) is 0. The molecule has 0 radical (unpaired) electrons. The highest BCUT2D eigenvalue weighted by molar-refractivity contribution is 7.09. The van der Waals surface area contributed by atoms with Crippen molar-refractivity contribution in [2.24, 2.45) is 5.73 Å². The minimum atomic E-state index is 0.514. The summed E-state index contributed by atoms with van der Waals surface area (Å²) in [4.78, 5) is 6.64. The fourth-order valence-electron chi connectivity index (χ4n) is 2.01. The van der Waals surface area contributed by atoms with E-state index in [2.05, 4.69) is 15.3 Å². The van der Waals surface area contributed by atoms with Gasteiger partial charge in [0.2, 0.25) is 0 Å². The molecule has 0 fully saturated rings. The van der Waals surface area contributed by atoms with Crippen molar-refractivity contribution >= 4 is 17.0 Å². The van der Waals surface area contributed by atoms with Crippen LogP contribution in [0.2, 0.25) is 0 Å². The maximum atomic E-state index is 5.80. The zero-order valence-electron chi connectivity index (χ0n) is 11.5. The quantitative estimate of drug-likeness (QED) is 0.912. The summed E-state index contributed by atoms with van der Waals surface area (Å²) in [6.45, 7) is 3.30. The Hall–Kier alpha value is -1.59. The minimum absolute atomic E-state index is 0.514. The maximum absolute atomic E-state index is 5.80. The van der Waals surface area contributed by atoms with Gasteiger partial charge in [0, 0.05) is 30.7 Å². The molecule has 0 bridgehead atoms. The fraction of sp³-hybridized carbons (Fsp3) is 0.357. The molecule has 0 aliphatic carbocycles. The van der Waals surface area contributed by atoms with Gasteiger partial charge in [-0.3, -0.25) is 0 Å². The summed E-state index contributed by atoms with van der Waals surface area (Å²) in [5, 5.41) is 3.18. The lowest BCUT2D eigenvalue weighted by Crippen LogP contribution is -2.19. The van der Waals surface area contributed by atoms with Gasteiger partial charge in [-0.2, -0.15) is 0 Å². The number of aryl methyl sites for hydroxylation is 1. The Morgan fingerprint density at radius 3 is 2.79 bits per heavy atom. The average molecular weight is 277 g/mol. The molecule has 0 spiro atoms. The van der Waals surface area contributed by atoms with Crippen molar-refractivity contribution in [1.29, 1.82) is 0 Å². The number of rotatable bonds is 5. The molecular weight excluding hydrogens is 258 g/mol. The highest BCUT2D eigenvalue weighted by Gasteiger charge is 2.10. The summed E-state index contributed by atoms with van der Waals surface area (Å²) >= 11 is 1.67. The van der Waals surface area contributed by atoms with E-state index < -0.39 is 0 Å².